The lowest BCUT2D eigenvalue weighted by Gasteiger charge is -2.46. The second-order valence-electron chi connectivity index (χ2n) is 6.69. The van der Waals surface area contributed by atoms with Crippen molar-refractivity contribution in [2.75, 3.05) is 0 Å². The summed E-state index contributed by atoms with van der Waals surface area (Å²) in [6.07, 6.45) is 2.66. The van der Waals surface area contributed by atoms with E-state index < -0.39 is 5.97 Å². The van der Waals surface area contributed by atoms with Crippen LogP contribution in [0.25, 0.3) is 0 Å². The number of rotatable bonds is 5. The van der Waals surface area contributed by atoms with Gasteiger partial charge in [0.2, 0.25) is 0 Å². The van der Waals surface area contributed by atoms with Gasteiger partial charge in [-0.2, -0.15) is 0 Å². The maximum atomic E-state index is 10.8. The van der Waals surface area contributed by atoms with E-state index in [-0.39, 0.29) is 29.7 Å². The van der Waals surface area contributed by atoms with Crippen LogP contribution in [0.1, 0.15) is 60.3 Å². The van der Waals surface area contributed by atoms with Crippen LogP contribution < -0.4 is 5.32 Å². The van der Waals surface area contributed by atoms with Crippen LogP contribution in [0.15, 0.2) is 0 Å². The highest BCUT2D eigenvalue weighted by molar-refractivity contribution is 5.67. The smallest absolute Gasteiger partial charge is 0.305 e. The Morgan fingerprint density at radius 3 is 2.22 bits per heavy atom. The molecule has 1 rings (SSSR count). The predicted octanol–water partition coefficient (Wildman–Crippen LogP) is 2.57. The predicted molar refractivity (Wildman–Crippen MR) is 71.7 cm³/mol. The fourth-order valence-corrected chi connectivity index (χ4v) is 3.08. The van der Waals surface area contributed by atoms with Gasteiger partial charge >= 0.3 is 5.97 Å². The summed E-state index contributed by atoms with van der Waals surface area (Å²) >= 11 is 0. The molecule has 1 heterocycles. The summed E-state index contributed by atoms with van der Waals surface area (Å²) in [6, 6.07) is 0. The topological polar surface area (TPSA) is 58.6 Å². The molecule has 106 valence electrons. The Bertz CT molecular complexity index is 283. The van der Waals surface area contributed by atoms with Crippen LogP contribution in [0, 0.1) is 0 Å². The first kappa shape index (κ1) is 15.4. The van der Waals surface area contributed by atoms with E-state index in [1.807, 2.05) is 6.92 Å². The van der Waals surface area contributed by atoms with Gasteiger partial charge in [0.15, 0.2) is 0 Å². The molecule has 1 atom stereocenters. The van der Waals surface area contributed by atoms with Crippen LogP contribution in [-0.4, -0.2) is 34.4 Å². The zero-order valence-corrected chi connectivity index (χ0v) is 12.2. The lowest BCUT2D eigenvalue weighted by molar-refractivity contribution is -0.142. The van der Waals surface area contributed by atoms with Crippen molar-refractivity contribution in [3.05, 3.63) is 0 Å². The number of carboxylic acid groups (broad SMARTS) is 1. The van der Waals surface area contributed by atoms with E-state index in [9.17, 15) is 4.79 Å². The van der Waals surface area contributed by atoms with Gasteiger partial charge in [-0.25, -0.2) is 0 Å². The molecule has 0 bridgehead atoms. The summed E-state index contributed by atoms with van der Waals surface area (Å²) in [6.45, 7) is 10.7. The van der Waals surface area contributed by atoms with Crippen LogP contribution in [0.5, 0.6) is 0 Å². The van der Waals surface area contributed by atoms with E-state index in [4.69, 9.17) is 9.84 Å². The molecule has 0 saturated carbocycles. The number of carboxylic acids is 1. The fourth-order valence-electron chi connectivity index (χ4n) is 3.08. The van der Waals surface area contributed by atoms with E-state index >= 15 is 0 Å². The molecule has 4 heteroatoms. The van der Waals surface area contributed by atoms with Crippen LogP contribution in [0.4, 0.5) is 0 Å². The van der Waals surface area contributed by atoms with E-state index in [0.717, 1.165) is 19.3 Å². The summed E-state index contributed by atoms with van der Waals surface area (Å²) in [5.74, 6) is -0.783. The molecular formula is C14H27NO3. The van der Waals surface area contributed by atoms with Gasteiger partial charge in [0.1, 0.15) is 0 Å². The lowest BCUT2D eigenvalue weighted by atomic mass is 9.81. The first-order valence-corrected chi connectivity index (χ1v) is 6.80. The molecule has 1 fully saturated rings. The highest BCUT2D eigenvalue weighted by Gasteiger charge is 2.38. The van der Waals surface area contributed by atoms with Gasteiger partial charge in [-0.05, 0) is 47.0 Å². The van der Waals surface area contributed by atoms with Crippen LogP contribution in [0.2, 0.25) is 0 Å². The Labute approximate surface area is 110 Å². The molecule has 0 aromatic heterocycles. The number of carbonyl (C=O) groups is 1. The Morgan fingerprint density at radius 1 is 1.33 bits per heavy atom. The Morgan fingerprint density at radius 2 is 1.83 bits per heavy atom. The molecule has 1 aliphatic heterocycles. The van der Waals surface area contributed by atoms with Crippen molar-refractivity contribution >= 4 is 5.97 Å². The lowest BCUT2D eigenvalue weighted by Crippen LogP contribution is -2.59. The normalized spacial score (nSPS) is 24.7. The number of piperidine rings is 1. The Kier molecular flexibility index (Phi) is 4.78. The third kappa shape index (κ3) is 4.94. The number of ether oxygens (including phenoxy) is 1. The third-order valence-electron chi connectivity index (χ3n) is 3.40. The zero-order valence-electron chi connectivity index (χ0n) is 12.2. The summed E-state index contributed by atoms with van der Waals surface area (Å²) in [4.78, 5) is 10.8. The largest absolute Gasteiger partial charge is 0.481 e. The SMILES string of the molecule is CCC(CC(=O)O)OC1CC(C)(C)NC(C)(C)C1. The van der Waals surface area contributed by atoms with Crippen molar-refractivity contribution in [2.24, 2.45) is 0 Å². The summed E-state index contributed by atoms with van der Waals surface area (Å²) in [5, 5.41) is 12.5. The molecule has 0 aromatic rings. The molecule has 2 N–H and O–H groups in total. The van der Waals surface area contributed by atoms with Crippen LogP contribution >= 0.6 is 0 Å². The van der Waals surface area contributed by atoms with Gasteiger partial charge in [-0.3, -0.25) is 4.79 Å². The van der Waals surface area contributed by atoms with Crippen molar-refractivity contribution in [1.29, 1.82) is 0 Å². The molecule has 4 nitrogen and oxygen atoms in total. The average Bonchev–Trinajstić information content (AvgIpc) is 2.10. The molecule has 0 amide bonds. The van der Waals surface area contributed by atoms with Crippen molar-refractivity contribution in [3.63, 3.8) is 0 Å². The average molecular weight is 257 g/mol. The van der Waals surface area contributed by atoms with Crippen LogP contribution in [0.3, 0.4) is 0 Å². The Hall–Kier alpha value is -0.610. The molecule has 0 radical (unpaired) electrons. The zero-order chi connectivity index (χ0) is 14.0. The quantitative estimate of drug-likeness (QED) is 0.794. The minimum Gasteiger partial charge on any atom is -0.481 e. The van der Waals surface area contributed by atoms with E-state index in [1.54, 1.807) is 0 Å². The van der Waals surface area contributed by atoms with Crippen molar-refractivity contribution < 1.29 is 14.6 Å². The Balaban J connectivity index is 2.62. The monoisotopic (exact) mass is 257 g/mol. The van der Waals surface area contributed by atoms with Crippen molar-refractivity contribution in [3.8, 4) is 0 Å². The van der Waals surface area contributed by atoms with E-state index in [1.165, 1.54) is 0 Å². The maximum Gasteiger partial charge on any atom is 0.305 e. The van der Waals surface area contributed by atoms with Crippen molar-refractivity contribution in [1.82, 2.24) is 5.32 Å². The first-order chi connectivity index (χ1) is 8.13. The molecule has 0 aromatic carbocycles. The molecule has 0 spiro atoms. The highest BCUT2D eigenvalue weighted by atomic mass is 16.5. The van der Waals surface area contributed by atoms with Crippen LogP contribution in [-0.2, 0) is 9.53 Å². The van der Waals surface area contributed by atoms with Gasteiger partial charge in [-0.1, -0.05) is 6.92 Å². The fraction of sp³-hybridized carbons (Fsp3) is 0.929. The number of aliphatic carboxylic acids is 1. The number of hydrogen-bond donors (Lipinski definition) is 2. The minimum atomic E-state index is -0.783. The van der Waals surface area contributed by atoms with Gasteiger partial charge < -0.3 is 15.2 Å². The third-order valence-corrected chi connectivity index (χ3v) is 3.40. The molecule has 1 unspecified atom stereocenters. The minimum absolute atomic E-state index is 0.0356. The molecule has 1 aliphatic rings. The molecular weight excluding hydrogens is 230 g/mol. The summed E-state index contributed by atoms with van der Waals surface area (Å²) in [7, 11) is 0. The number of nitrogens with one attached hydrogen (secondary N) is 1. The molecule has 18 heavy (non-hydrogen) atoms. The van der Waals surface area contributed by atoms with Gasteiger partial charge in [0, 0.05) is 11.1 Å². The molecule has 0 aliphatic carbocycles. The highest BCUT2D eigenvalue weighted by Crippen LogP contribution is 2.31. The van der Waals surface area contributed by atoms with E-state index in [0.29, 0.717) is 0 Å². The van der Waals surface area contributed by atoms with Gasteiger partial charge in [0.25, 0.3) is 0 Å². The molecule has 1 saturated heterocycles. The summed E-state index contributed by atoms with van der Waals surface area (Å²) in [5.41, 5.74) is 0.0713. The van der Waals surface area contributed by atoms with Gasteiger partial charge in [0.05, 0.1) is 18.6 Å². The van der Waals surface area contributed by atoms with Crippen molar-refractivity contribution in [2.45, 2.75) is 83.6 Å². The first-order valence-electron chi connectivity index (χ1n) is 6.80. The maximum absolute atomic E-state index is 10.8. The second kappa shape index (κ2) is 5.57. The second-order valence-corrected chi connectivity index (χ2v) is 6.69. The standard InChI is InChI=1S/C14H27NO3/c1-6-10(7-12(16)17)18-11-8-13(2,3)15-14(4,5)9-11/h10-11,15H,6-9H2,1-5H3,(H,16,17). The van der Waals surface area contributed by atoms with E-state index in [2.05, 4.69) is 33.0 Å². The number of hydrogen-bond acceptors (Lipinski definition) is 3. The van der Waals surface area contributed by atoms with Gasteiger partial charge in [-0.15, -0.1) is 0 Å². The summed E-state index contributed by atoms with van der Waals surface area (Å²) < 4.78 is 6.00.